The predicted molar refractivity (Wildman–Crippen MR) is 75.2 cm³/mol. The van der Waals surface area contributed by atoms with Crippen molar-refractivity contribution in [1.82, 2.24) is 19.8 Å². The fourth-order valence-electron chi connectivity index (χ4n) is 3.30. The van der Waals surface area contributed by atoms with Crippen LogP contribution < -0.4 is 5.73 Å². The average Bonchev–Trinajstić information content (AvgIpc) is 2.94. The summed E-state index contributed by atoms with van der Waals surface area (Å²) in [7, 11) is 4.23. The van der Waals surface area contributed by atoms with Crippen molar-refractivity contribution in [3.8, 4) is 0 Å². The maximum atomic E-state index is 12.2. The largest absolute Gasteiger partial charge is 0.317 e. The molecule has 2 aliphatic heterocycles. The van der Waals surface area contributed by atoms with Gasteiger partial charge in [-0.15, -0.1) is 0 Å². The molecule has 0 spiro atoms. The van der Waals surface area contributed by atoms with E-state index in [2.05, 4.69) is 35.8 Å². The van der Waals surface area contributed by atoms with Crippen LogP contribution in [0.4, 0.5) is 0 Å². The molecule has 2 N–H and O–H groups in total. The molecule has 2 rings (SSSR count). The van der Waals surface area contributed by atoms with Gasteiger partial charge in [-0.05, 0) is 27.4 Å². The topological polar surface area (TPSA) is 56.1 Å². The van der Waals surface area contributed by atoms with E-state index in [-0.39, 0.29) is 12.1 Å². The molecule has 2 saturated heterocycles. The van der Waals surface area contributed by atoms with Crippen LogP contribution in [0.5, 0.6) is 0 Å². The molecular formula is C13H27N5O. The van der Waals surface area contributed by atoms with Gasteiger partial charge in [-0.25, -0.2) is 0 Å². The lowest BCUT2D eigenvalue weighted by Gasteiger charge is -2.35. The number of carbonyl (C=O) groups is 1. The fourth-order valence-corrected chi connectivity index (χ4v) is 3.30. The molecule has 0 aromatic heterocycles. The molecule has 0 aliphatic carbocycles. The molecule has 0 radical (unpaired) electrons. The van der Waals surface area contributed by atoms with Crippen LogP contribution in [0.15, 0.2) is 0 Å². The monoisotopic (exact) mass is 269 g/mol. The van der Waals surface area contributed by atoms with Gasteiger partial charge in [0.1, 0.15) is 12.2 Å². The summed E-state index contributed by atoms with van der Waals surface area (Å²) in [5.74, 6) is 0.0580. The van der Waals surface area contributed by atoms with Gasteiger partial charge in [0.2, 0.25) is 0 Å². The molecule has 0 aromatic rings. The van der Waals surface area contributed by atoms with E-state index in [1.54, 1.807) is 5.01 Å². The highest BCUT2D eigenvalue weighted by Crippen LogP contribution is 2.26. The Balaban J connectivity index is 2.12. The minimum absolute atomic E-state index is 0.0300. The van der Waals surface area contributed by atoms with Crippen molar-refractivity contribution in [2.75, 3.05) is 40.3 Å². The summed E-state index contributed by atoms with van der Waals surface area (Å²) in [6.07, 6.45) is 1.18. The molecule has 110 valence electrons. The second-order valence-corrected chi connectivity index (χ2v) is 5.65. The first-order valence-corrected chi connectivity index (χ1v) is 7.25. The van der Waals surface area contributed by atoms with E-state index in [1.165, 1.54) is 0 Å². The summed E-state index contributed by atoms with van der Waals surface area (Å²) in [4.78, 5) is 16.8. The molecule has 0 bridgehead atoms. The van der Waals surface area contributed by atoms with E-state index >= 15 is 0 Å². The highest BCUT2D eigenvalue weighted by molar-refractivity contribution is 5.84. The van der Waals surface area contributed by atoms with Crippen LogP contribution in [-0.4, -0.2) is 84.2 Å². The molecule has 2 fully saturated rings. The summed E-state index contributed by atoms with van der Waals surface area (Å²) < 4.78 is 0. The summed E-state index contributed by atoms with van der Waals surface area (Å²) >= 11 is 0. The molecule has 1 amide bonds. The predicted octanol–water partition coefficient (Wildman–Crippen LogP) is -0.625. The number of likely N-dealkylation sites (tertiary alicyclic amines) is 1. The molecule has 6 nitrogen and oxygen atoms in total. The lowest BCUT2D eigenvalue weighted by Crippen LogP contribution is -2.54. The van der Waals surface area contributed by atoms with Crippen molar-refractivity contribution >= 4 is 5.91 Å². The third kappa shape index (κ3) is 2.50. The molecule has 19 heavy (non-hydrogen) atoms. The van der Waals surface area contributed by atoms with Crippen LogP contribution >= 0.6 is 0 Å². The SMILES string of the molecule is CCN1C(=O)C(N)C(N2CCC(N(C)C)C2)N1CC. The number of hydrogen-bond acceptors (Lipinski definition) is 5. The number of nitrogens with zero attached hydrogens (tertiary/aromatic N) is 4. The van der Waals surface area contributed by atoms with E-state index in [0.717, 1.165) is 26.1 Å². The van der Waals surface area contributed by atoms with Gasteiger partial charge >= 0.3 is 0 Å². The highest BCUT2D eigenvalue weighted by Gasteiger charge is 2.47. The molecule has 0 saturated carbocycles. The Labute approximate surface area is 116 Å². The Morgan fingerprint density at radius 3 is 2.47 bits per heavy atom. The van der Waals surface area contributed by atoms with Crippen LogP contribution in [0.25, 0.3) is 0 Å². The van der Waals surface area contributed by atoms with Crippen LogP contribution in [0.1, 0.15) is 20.3 Å². The van der Waals surface area contributed by atoms with E-state index in [0.29, 0.717) is 12.6 Å². The standard InChI is InChI=1S/C13H27N5O/c1-5-17-12(11(14)13(19)18(17)6-2)16-8-7-10(9-16)15(3)4/h10-12H,5-9,14H2,1-4H3. The van der Waals surface area contributed by atoms with Crippen molar-refractivity contribution in [2.24, 2.45) is 5.73 Å². The number of hydrogen-bond donors (Lipinski definition) is 1. The maximum absolute atomic E-state index is 12.2. The smallest absolute Gasteiger partial charge is 0.256 e. The van der Waals surface area contributed by atoms with Crippen LogP contribution in [0.2, 0.25) is 0 Å². The maximum Gasteiger partial charge on any atom is 0.256 e. The lowest BCUT2D eigenvalue weighted by molar-refractivity contribution is -0.140. The molecule has 2 aliphatic rings. The average molecular weight is 269 g/mol. The number of hydrazine groups is 1. The van der Waals surface area contributed by atoms with Crippen LogP contribution in [0.3, 0.4) is 0 Å². The Morgan fingerprint density at radius 1 is 1.32 bits per heavy atom. The molecule has 2 heterocycles. The van der Waals surface area contributed by atoms with Crippen molar-refractivity contribution in [2.45, 2.75) is 38.5 Å². The molecule has 3 atom stereocenters. The van der Waals surface area contributed by atoms with Gasteiger partial charge in [-0.1, -0.05) is 6.92 Å². The van der Waals surface area contributed by atoms with Crippen LogP contribution in [-0.2, 0) is 4.79 Å². The van der Waals surface area contributed by atoms with Crippen molar-refractivity contribution in [3.05, 3.63) is 0 Å². The van der Waals surface area contributed by atoms with Gasteiger partial charge in [-0.2, -0.15) is 5.01 Å². The van der Waals surface area contributed by atoms with Crippen molar-refractivity contribution in [3.63, 3.8) is 0 Å². The molecular weight excluding hydrogens is 242 g/mol. The van der Waals surface area contributed by atoms with E-state index < -0.39 is 6.04 Å². The number of rotatable bonds is 4. The first kappa shape index (κ1) is 14.7. The summed E-state index contributed by atoms with van der Waals surface area (Å²) in [5.41, 5.74) is 6.17. The molecule has 0 aromatic carbocycles. The van der Waals surface area contributed by atoms with E-state index in [9.17, 15) is 4.79 Å². The third-order valence-electron chi connectivity index (χ3n) is 4.40. The first-order chi connectivity index (χ1) is 9.01. The number of carbonyl (C=O) groups excluding carboxylic acids is 1. The molecule has 6 heteroatoms. The number of nitrogens with two attached hydrogens (primary N) is 1. The number of likely N-dealkylation sites (N-methyl/N-ethyl adjacent to an activating group) is 3. The summed E-state index contributed by atoms with van der Waals surface area (Å²) in [6.45, 7) is 7.61. The minimum Gasteiger partial charge on any atom is -0.317 e. The second kappa shape index (κ2) is 5.75. The number of amides is 1. The Morgan fingerprint density at radius 2 is 2.00 bits per heavy atom. The minimum atomic E-state index is -0.416. The van der Waals surface area contributed by atoms with Crippen LogP contribution in [0, 0.1) is 0 Å². The lowest BCUT2D eigenvalue weighted by atomic mass is 10.2. The van der Waals surface area contributed by atoms with E-state index in [1.807, 2.05) is 6.92 Å². The van der Waals surface area contributed by atoms with Gasteiger partial charge in [0, 0.05) is 32.2 Å². The van der Waals surface area contributed by atoms with Gasteiger partial charge in [0.15, 0.2) is 0 Å². The van der Waals surface area contributed by atoms with Gasteiger partial charge < -0.3 is 10.6 Å². The zero-order valence-corrected chi connectivity index (χ0v) is 12.5. The Hall–Kier alpha value is -0.690. The second-order valence-electron chi connectivity index (χ2n) is 5.65. The highest BCUT2D eigenvalue weighted by atomic mass is 16.2. The zero-order chi connectivity index (χ0) is 14.2. The fraction of sp³-hybridized carbons (Fsp3) is 0.923. The Kier molecular flexibility index (Phi) is 4.45. The first-order valence-electron chi connectivity index (χ1n) is 7.25. The quantitative estimate of drug-likeness (QED) is 0.737. The Bertz CT molecular complexity index is 335. The van der Waals surface area contributed by atoms with Gasteiger partial charge in [0.25, 0.3) is 5.91 Å². The normalized spacial score (nSPS) is 33.9. The van der Waals surface area contributed by atoms with Gasteiger partial charge in [-0.3, -0.25) is 14.7 Å². The zero-order valence-electron chi connectivity index (χ0n) is 12.5. The van der Waals surface area contributed by atoms with Gasteiger partial charge in [0.05, 0.1) is 0 Å². The summed E-state index contributed by atoms with van der Waals surface area (Å²) in [5, 5.41) is 3.93. The summed E-state index contributed by atoms with van der Waals surface area (Å²) in [6, 6.07) is 0.150. The van der Waals surface area contributed by atoms with E-state index in [4.69, 9.17) is 5.73 Å². The third-order valence-corrected chi connectivity index (χ3v) is 4.40. The van der Waals surface area contributed by atoms with Crippen molar-refractivity contribution in [1.29, 1.82) is 0 Å². The molecule has 3 unspecified atom stereocenters. The van der Waals surface area contributed by atoms with Crippen molar-refractivity contribution < 1.29 is 4.79 Å².